The molecule has 2 aromatic heterocycles. The van der Waals surface area contributed by atoms with Crippen LogP contribution in [0.3, 0.4) is 0 Å². The van der Waals surface area contributed by atoms with Gasteiger partial charge in [-0.2, -0.15) is 5.26 Å². The Morgan fingerprint density at radius 3 is 2.80 bits per heavy atom. The third-order valence-corrected chi connectivity index (χ3v) is 5.40. The highest BCUT2D eigenvalue weighted by Crippen LogP contribution is 2.24. The first kappa shape index (κ1) is 19.1. The Labute approximate surface area is 153 Å². The fourth-order valence-electron chi connectivity index (χ4n) is 2.15. The molecular formula is C15H18N6O2S2. The molecule has 0 radical (unpaired) electrons. The van der Waals surface area contributed by atoms with Crippen LogP contribution in [0.5, 0.6) is 0 Å². The van der Waals surface area contributed by atoms with Gasteiger partial charge in [-0.15, -0.1) is 21.5 Å². The Balaban J connectivity index is 2.04. The van der Waals surface area contributed by atoms with Gasteiger partial charge in [-0.05, 0) is 13.8 Å². The van der Waals surface area contributed by atoms with E-state index in [2.05, 4.69) is 15.2 Å². The Kier molecular flexibility index (Phi) is 6.66. The van der Waals surface area contributed by atoms with Crippen molar-refractivity contribution in [2.24, 2.45) is 5.73 Å². The molecule has 0 aliphatic heterocycles. The largest absolute Gasteiger partial charge is 0.370 e. The predicted molar refractivity (Wildman–Crippen MR) is 94.1 cm³/mol. The van der Waals surface area contributed by atoms with Crippen molar-refractivity contribution in [2.45, 2.75) is 44.3 Å². The zero-order valence-electron chi connectivity index (χ0n) is 13.9. The van der Waals surface area contributed by atoms with Crippen LogP contribution in [-0.2, 0) is 22.6 Å². The molecule has 1 atom stereocenters. The Morgan fingerprint density at radius 2 is 2.24 bits per heavy atom. The maximum atomic E-state index is 12.4. The van der Waals surface area contributed by atoms with Crippen LogP contribution in [0, 0.1) is 18.3 Å². The van der Waals surface area contributed by atoms with E-state index < -0.39 is 11.8 Å². The average Bonchev–Trinajstić information content (AvgIpc) is 3.17. The van der Waals surface area contributed by atoms with Gasteiger partial charge in [-0.3, -0.25) is 9.59 Å². The summed E-state index contributed by atoms with van der Waals surface area (Å²) in [7, 11) is 0. The number of nitriles is 1. The van der Waals surface area contributed by atoms with Crippen molar-refractivity contribution in [3.63, 3.8) is 0 Å². The van der Waals surface area contributed by atoms with Crippen LogP contribution in [0.15, 0.2) is 10.5 Å². The van der Waals surface area contributed by atoms with Crippen molar-refractivity contribution in [3.05, 3.63) is 21.9 Å². The summed E-state index contributed by atoms with van der Waals surface area (Å²) in [5.74, 6) is -0.718. The van der Waals surface area contributed by atoms with Gasteiger partial charge in [-0.1, -0.05) is 11.8 Å². The summed E-state index contributed by atoms with van der Waals surface area (Å²) in [4.78, 5) is 27.5. The number of nitrogens with two attached hydrogens (primary N) is 1. The summed E-state index contributed by atoms with van der Waals surface area (Å²) in [6.07, 6.45) is 0.603. The van der Waals surface area contributed by atoms with Crippen LogP contribution in [0.4, 0.5) is 0 Å². The van der Waals surface area contributed by atoms with E-state index in [9.17, 15) is 14.9 Å². The summed E-state index contributed by atoms with van der Waals surface area (Å²) in [6, 6.07) is 2.03. The van der Waals surface area contributed by atoms with E-state index in [0.717, 1.165) is 5.69 Å². The molecule has 1 amide bonds. The van der Waals surface area contributed by atoms with Crippen molar-refractivity contribution < 1.29 is 9.59 Å². The van der Waals surface area contributed by atoms with Crippen molar-refractivity contribution in [1.29, 1.82) is 5.26 Å². The summed E-state index contributed by atoms with van der Waals surface area (Å²) in [5.41, 5.74) is 5.96. The summed E-state index contributed by atoms with van der Waals surface area (Å²) >= 11 is 2.54. The molecule has 0 aliphatic rings. The molecule has 132 valence electrons. The number of nitrogens with zero attached hydrogens (tertiary/aromatic N) is 5. The third kappa shape index (κ3) is 4.87. The first-order valence-electron chi connectivity index (χ1n) is 7.63. The molecule has 2 aromatic rings. The number of primary amides is 1. The van der Waals surface area contributed by atoms with Gasteiger partial charge in [0.25, 0.3) is 0 Å². The second-order valence-corrected chi connectivity index (χ2v) is 7.09. The van der Waals surface area contributed by atoms with E-state index in [1.54, 1.807) is 0 Å². The highest BCUT2D eigenvalue weighted by molar-refractivity contribution is 7.99. The van der Waals surface area contributed by atoms with E-state index in [4.69, 9.17) is 5.73 Å². The fourth-order valence-corrected chi connectivity index (χ4v) is 3.94. The van der Waals surface area contributed by atoms with Gasteiger partial charge < -0.3 is 10.3 Å². The molecule has 0 aliphatic carbocycles. The van der Waals surface area contributed by atoms with E-state index in [-0.39, 0.29) is 18.0 Å². The second kappa shape index (κ2) is 8.73. The lowest BCUT2D eigenvalue weighted by Crippen LogP contribution is -2.15. The number of hydrogen-bond donors (Lipinski definition) is 1. The number of ketones is 1. The molecular weight excluding hydrogens is 360 g/mol. The topological polar surface area (TPSA) is 128 Å². The predicted octanol–water partition coefficient (Wildman–Crippen LogP) is 1.45. The van der Waals surface area contributed by atoms with Crippen LogP contribution >= 0.6 is 23.1 Å². The zero-order valence-corrected chi connectivity index (χ0v) is 15.6. The Bertz CT molecular complexity index is 807. The molecule has 2 rings (SSSR count). The zero-order chi connectivity index (χ0) is 18.4. The van der Waals surface area contributed by atoms with Gasteiger partial charge in [0.15, 0.2) is 16.9 Å². The van der Waals surface area contributed by atoms with Gasteiger partial charge in [0.1, 0.15) is 10.8 Å². The smallest absolute Gasteiger partial charge is 0.217 e. The second-order valence-electron chi connectivity index (χ2n) is 5.25. The number of carbonyl (C=O) groups is 2. The van der Waals surface area contributed by atoms with Crippen molar-refractivity contribution in [1.82, 2.24) is 19.7 Å². The van der Waals surface area contributed by atoms with E-state index in [0.29, 0.717) is 29.0 Å². The van der Waals surface area contributed by atoms with Gasteiger partial charge in [0, 0.05) is 30.5 Å². The number of aromatic nitrogens is 4. The fraction of sp³-hybridized carbons (Fsp3) is 0.467. The van der Waals surface area contributed by atoms with E-state index in [1.165, 1.54) is 23.1 Å². The third-order valence-electron chi connectivity index (χ3n) is 3.38. The van der Waals surface area contributed by atoms with Crippen molar-refractivity contribution >= 4 is 34.8 Å². The van der Waals surface area contributed by atoms with Gasteiger partial charge >= 0.3 is 0 Å². The monoisotopic (exact) mass is 378 g/mol. The number of aryl methyl sites for hydroxylation is 2. The number of carbonyl (C=O) groups excluding carboxylic acids is 2. The number of hydrogen-bond acceptors (Lipinski definition) is 8. The van der Waals surface area contributed by atoms with Crippen LogP contribution in [0.2, 0.25) is 0 Å². The number of thiazole rings is 1. The van der Waals surface area contributed by atoms with Gasteiger partial charge in [0.2, 0.25) is 5.91 Å². The quantitative estimate of drug-likeness (QED) is 0.654. The lowest BCUT2D eigenvalue weighted by atomic mass is 10.1. The summed E-state index contributed by atoms with van der Waals surface area (Å²) < 4.78 is 1.84. The molecule has 25 heavy (non-hydrogen) atoms. The molecule has 0 unspecified atom stereocenters. The maximum absolute atomic E-state index is 12.4. The van der Waals surface area contributed by atoms with E-state index >= 15 is 0 Å². The molecule has 0 bridgehead atoms. The Morgan fingerprint density at radius 1 is 1.48 bits per heavy atom. The lowest BCUT2D eigenvalue weighted by molar-refractivity contribution is -0.118. The number of Topliss-reactive ketones (excluding diaryl/α,β-unsaturated/α-hetero) is 1. The minimum absolute atomic E-state index is 0.102. The van der Waals surface area contributed by atoms with Crippen molar-refractivity contribution in [3.8, 4) is 6.07 Å². The SMILES string of the molecule is CCn1c(CCC(N)=O)nnc1SCC(=O)[C@H](C#N)c1nc(C)cs1. The summed E-state index contributed by atoms with van der Waals surface area (Å²) in [6.45, 7) is 4.37. The number of thioether (sulfide) groups is 1. The minimum Gasteiger partial charge on any atom is -0.370 e. The first-order chi connectivity index (χ1) is 12.0. The highest BCUT2D eigenvalue weighted by atomic mass is 32.2. The normalized spacial score (nSPS) is 11.9. The number of amides is 1. The van der Waals surface area contributed by atoms with Crippen LogP contribution in [-0.4, -0.2) is 37.2 Å². The summed E-state index contributed by atoms with van der Waals surface area (Å²) in [5, 5.41) is 20.4. The molecule has 0 aromatic carbocycles. The maximum Gasteiger partial charge on any atom is 0.217 e. The molecule has 0 saturated carbocycles. The average molecular weight is 378 g/mol. The molecule has 0 saturated heterocycles. The number of rotatable bonds is 9. The van der Waals surface area contributed by atoms with Crippen molar-refractivity contribution in [2.75, 3.05) is 5.75 Å². The van der Waals surface area contributed by atoms with Crippen LogP contribution < -0.4 is 5.73 Å². The van der Waals surface area contributed by atoms with Crippen LogP contribution in [0.1, 0.15) is 35.8 Å². The highest BCUT2D eigenvalue weighted by Gasteiger charge is 2.24. The molecule has 10 heteroatoms. The molecule has 8 nitrogen and oxygen atoms in total. The molecule has 2 heterocycles. The lowest BCUT2D eigenvalue weighted by Gasteiger charge is -2.07. The van der Waals surface area contributed by atoms with E-state index in [1.807, 2.05) is 29.9 Å². The Hall–Kier alpha value is -2.25. The molecule has 0 fully saturated rings. The minimum atomic E-state index is -0.862. The van der Waals surface area contributed by atoms with Gasteiger partial charge in [-0.25, -0.2) is 4.98 Å². The first-order valence-corrected chi connectivity index (χ1v) is 9.50. The van der Waals surface area contributed by atoms with Crippen LogP contribution in [0.25, 0.3) is 0 Å². The molecule has 0 spiro atoms. The van der Waals surface area contributed by atoms with Gasteiger partial charge in [0.05, 0.1) is 11.8 Å². The standard InChI is InChI=1S/C15H18N6O2S2/c1-3-21-13(5-4-12(17)23)19-20-15(21)25-8-11(22)10(6-16)14-18-9(2)7-24-14/h7,10H,3-5,8H2,1-2H3,(H2,17,23)/t10-/m0/s1. The molecule has 2 N–H and O–H groups in total.